The second-order valence-electron chi connectivity index (χ2n) is 4.57. The Bertz CT molecular complexity index is 489. The Morgan fingerprint density at radius 3 is 2.65 bits per heavy atom. The minimum atomic E-state index is -0.381. The maximum absolute atomic E-state index is 13.2. The highest BCUT2D eigenvalue weighted by molar-refractivity contribution is 6.07. The first-order valence-electron chi connectivity index (χ1n) is 5.64. The van der Waals surface area contributed by atoms with Crippen LogP contribution in [0.25, 0.3) is 0 Å². The highest BCUT2D eigenvalue weighted by Crippen LogP contribution is 2.38. The zero-order chi connectivity index (χ0) is 12.6. The van der Waals surface area contributed by atoms with Gasteiger partial charge in [0.25, 0.3) is 0 Å². The molecule has 0 heterocycles. The second kappa shape index (κ2) is 4.32. The number of hydrogen-bond donors (Lipinski definition) is 0. The summed E-state index contributed by atoms with van der Waals surface area (Å²) in [4.78, 5) is 11.9. The fourth-order valence-electron chi connectivity index (χ4n) is 2.34. The molecule has 0 radical (unpaired) electrons. The van der Waals surface area contributed by atoms with Gasteiger partial charge in [0.1, 0.15) is 11.6 Å². The molecule has 1 atom stereocenters. The van der Waals surface area contributed by atoms with Crippen LogP contribution in [0.1, 0.15) is 35.7 Å². The van der Waals surface area contributed by atoms with Crippen molar-refractivity contribution in [3.8, 4) is 0 Å². The maximum Gasteiger partial charge on any atom is 0.189 e. The van der Waals surface area contributed by atoms with Crippen LogP contribution in [0.15, 0.2) is 30.0 Å². The van der Waals surface area contributed by atoms with Crippen LogP contribution in [0.5, 0.6) is 0 Å². The molecular formula is C14H15FO2. The van der Waals surface area contributed by atoms with Crippen LogP contribution >= 0.6 is 0 Å². The number of carbonyl (C=O) groups excluding carboxylic acids is 1. The van der Waals surface area contributed by atoms with Gasteiger partial charge in [-0.2, -0.15) is 0 Å². The fraction of sp³-hybridized carbons (Fsp3) is 0.357. The lowest BCUT2D eigenvalue weighted by molar-refractivity contribution is 0.103. The minimum absolute atomic E-state index is 0.0216. The first-order chi connectivity index (χ1) is 8.04. The van der Waals surface area contributed by atoms with Crippen LogP contribution in [-0.2, 0) is 4.74 Å². The summed E-state index contributed by atoms with van der Waals surface area (Å²) >= 11 is 0. The third kappa shape index (κ3) is 1.97. The molecule has 1 aromatic carbocycles. The van der Waals surface area contributed by atoms with Crippen molar-refractivity contribution in [2.45, 2.75) is 19.8 Å². The molecule has 0 aromatic heterocycles. The number of ketones is 1. The van der Waals surface area contributed by atoms with Gasteiger partial charge in [-0.05, 0) is 23.6 Å². The van der Waals surface area contributed by atoms with E-state index in [9.17, 15) is 9.18 Å². The van der Waals surface area contributed by atoms with Crippen molar-refractivity contribution in [2.75, 3.05) is 7.11 Å². The molecular weight excluding hydrogens is 219 g/mol. The van der Waals surface area contributed by atoms with Gasteiger partial charge in [-0.3, -0.25) is 4.79 Å². The Hall–Kier alpha value is -1.64. The highest BCUT2D eigenvalue weighted by Gasteiger charge is 2.30. The molecule has 0 amide bonds. The summed E-state index contributed by atoms with van der Waals surface area (Å²) < 4.78 is 18.4. The molecule has 0 saturated heterocycles. The summed E-state index contributed by atoms with van der Waals surface area (Å²) in [6.45, 7) is 4.11. The van der Waals surface area contributed by atoms with E-state index in [0.717, 1.165) is 5.56 Å². The SMILES string of the molecule is COC1=CC(=O)c2cc(F)ccc2C1C(C)C. The molecule has 0 fully saturated rings. The quantitative estimate of drug-likeness (QED) is 0.784. The summed E-state index contributed by atoms with van der Waals surface area (Å²) in [5.74, 6) is 0.401. The molecule has 1 aliphatic carbocycles. The van der Waals surface area contributed by atoms with Crippen LogP contribution in [0, 0.1) is 11.7 Å². The molecule has 0 N–H and O–H groups in total. The molecule has 1 aromatic rings. The molecule has 0 saturated carbocycles. The van der Waals surface area contributed by atoms with E-state index in [4.69, 9.17) is 4.74 Å². The van der Waals surface area contributed by atoms with Gasteiger partial charge in [-0.15, -0.1) is 0 Å². The molecule has 1 aliphatic rings. The Labute approximate surface area is 100 Å². The predicted octanol–water partition coefficient (Wildman–Crippen LogP) is 3.29. The van der Waals surface area contributed by atoms with Crippen LogP contribution < -0.4 is 0 Å². The lowest BCUT2D eigenvalue weighted by atomic mass is 9.79. The van der Waals surface area contributed by atoms with E-state index < -0.39 is 0 Å². The van der Waals surface area contributed by atoms with E-state index in [1.54, 1.807) is 13.2 Å². The van der Waals surface area contributed by atoms with Gasteiger partial charge in [0.15, 0.2) is 5.78 Å². The van der Waals surface area contributed by atoms with Crippen LogP contribution in [-0.4, -0.2) is 12.9 Å². The van der Waals surface area contributed by atoms with Gasteiger partial charge >= 0.3 is 0 Å². The summed E-state index contributed by atoms with van der Waals surface area (Å²) in [6.07, 6.45) is 1.46. The largest absolute Gasteiger partial charge is 0.500 e. The number of rotatable bonds is 2. The average Bonchev–Trinajstić information content (AvgIpc) is 2.28. The van der Waals surface area contributed by atoms with Crippen molar-refractivity contribution >= 4 is 5.78 Å². The maximum atomic E-state index is 13.2. The topological polar surface area (TPSA) is 26.3 Å². The minimum Gasteiger partial charge on any atom is -0.500 e. The van der Waals surface area contributed by atoms with Crippen molar-refractivity contribution in [3.05, 3.63) is 47.0 Å². The molecule has 3 heteroatoms. The zero-order valence-electron chi connectivity index (χ0n) is 10.2. The van der Waals surface area contributed by atoms with Gasteiger partial charge in [-0.1, -0.05) is 19.9 Å². The van der Waals surface area contributed by atoms with Gasteiger partial charge in [0.2, 0.25) is 0 Å². The van der Waals surface area contributed by atoms with Crippen LogP contribution in [0.2, 0.25) is 0 Å². The normalized spacial score (nSPS) is 19.0. The molecule has 2 rings (SSSR count). The van der Waals surface area contributed by atoms with Gasteiger partial charge < -0.3 is 4.74 Å². The molecule has 17 heavy (non-hydrogen) atoms. The third-order valence-corrected chi connectivity index (χ3v) is 3.10. The van der Waals surface area contributed by atoms with Crippen molar-refractivity contribution in [3.63, 3.8) is 0 Å². The van der Waals surface area contributed by atoms with Crippen LogP contribution in [0.4, 0.5) is 4.39 Å². The van der Waals surface area contributed by atoms with E-state index in [1.807, 2.05) is 0 Å². The average molecular weight is 234 g/mol. The van der Waals surface area contributed by atoms with E-state index in [-0.39, 0.29) is 17.5 Å². The Balaban J connectivity index is 2.59. The van der Waals surface area contributed by atoms with E-state index in [2.05, 4.69) is 13.8 Å². The summed E-state index contributed by atoms with van der Waals surface area (Å²) in [5, 5.41) is 0. The third-order valence-electron chi connectivity index (χ3n) is 3.10. The summed E-state index contributed by atoms with van der Waals surface area (Å²) in [7, 11) is 1.56. The van der Waals surface area contributed by atoms with Crippen LogP contribution in [0.3, 0.4) is 0 Å². The molecule has 0 aliphatic heterocycles. The number of benzene rings is 1. The van der Waals surface area contributed by atoms with E-state index in [0.29, 0.717) is 17.2 Å². The number of fused-ring (bicyclic) bond motifs is 1. The molecule has 0 spiro atoms. The monoisotopic (exact) mass is 234 g/mol. The van der Waals surface area contributed by atoms with Crippen molar-refractivity contribution in [1.29, 1.82) is 0 Å². The number of allylic oxidation sites excluding steroid dienone is 2. The molecule has 0 bridgehead atoms. The van der Waals surface area contributed by atoms with E-state index >= 15 is 0 Å². The zero-order valence-corrected chi connectivity index (χ0v) is 10.2. The van der Waals surface area contributed by atoms with Crippen molar-refractivity contribution in [1.82, 2.24) is 0 Å². The Kier molecular flexibility index (Phi) is 3.01. The Morgan fingerprint density at radius 1 is 1.35 bits per heavy atom. The van der Waals surface area contributed by atoms with Gasteiger partial charge in [0.05, 0.1) is 7.11 Å². The first kappa shape index (κ1) is 11.8. The van der Waals surface area contributed by atoms with Crippen molar-refractivity contribution < 1.29 is 13.9 Å². The number of ether oxygens (including phenoxy) is 1. The number of methoxy groups -OCH3 is 1. The second-order valence-corrected chi connectivity index (χ2v) is 4.57. The number of halogens is 1. The summed E-state index contributed by atoms with van der Waals surface area (Å²) in [5.41, 5.74) is 1.30. The lowest BCUT2D eigenvalue weighted by Crippen LogP contribution is -2.20. The van der Waals surface area contributed by atoms with Gasteiger partial charge in [0, 0.05) is 17.6 Å². The predicted molar refractivity (Wildman–Crippen MR) is 63.4 cm³/mol. The van der Waals surface area contributed by atoms with Gasteiger partial charge in [-0.25, -0.2) is 4.39 Å². The summed E-state index contributed by atoms with van der Waals surface area (Å²) in [6, 6.07) is 4.37. The number of carbonyl (C=O) groups is 1. The number of hydrogen-bond acceptors (Lipinski definition) is 2. The van der Waals surface area contributed by atoms with Crippen molar-refractivity contribution in [2.24, 2.45) is 5.92 Å². The van der Waals surface area contributed by atoms with E-state index in [1.165, 1.54) is 18.2 Å². The first-order valence-corrected chi connectivity index (χ1v) is 5.64. The highest BCUT2D eigenvalue weighted by atomic mass is 19.1. The molecule has 90 valence electrons. The lowest BCUT2D eigenvalue weighted by Gasteiger charge is -2.28. The Morgan fingerprint density at radius 2 is 2.06 bits per heavy atom. The molecule has 1 unspecified atom stereocenters. The standard InChI is InChI=1S/C14H15FO2/c1-8(2)14-10-5-4-9(15)6-11(10)12(16)7-13(14)17-3/h4-8,14H,1-3H3. The molecule has 2 nitrogen and oxygen atoms in total. The smallest absolute Gasteiger partial charge is 0.189 e. The fourth-order valence-corrected chi connectivity index (χ4v) is 2.34.